The Morgan fingerprint density at radius 2 is 1.71 bits per heavy atom. The van der Waals surface area contributed by atoms with E-state index in [1.807, 2.05) is 29.7 Å². The number of nitrogens with zero attached hydrogens (tertiary/aromatic N) is 4. The number of rotatable bonds is 3. The van der Waals surface area contributed by atoms with Crippen molar-refractivity contribution in [3.8, 4) is 5.00 Å². The highest BCUT2D eigenvalue weighted by Crippen LogP contribution is 2.24. The van der Waals surface area contributed by atoms with Crippen molar-refractivity contribution in [1.82, 2.24) is 19.6 Å². The summed E-state index contributed by atoms with van der Waals surface area (Å²) in [4.78, 5) is 0.822. The number of nitrogens with two attached hydrogens (primary N) is 4. The van der Waals surface area contributed by atoms with Crippen LogP contribution in [0.15, 0.2) is 42.1 Å². The highest BCUT2D eigenvalue weighted by Gasteiger charge is 2.13. The van der Waals surface area contributed by atoms with Gasteiger partial charge in [0, 0.05) is 11.3 Å². The topological polar surface area (TPSA) is 160 Å². The average molecular weight is 417 g/mol. The first-order chi connectivity index (χ1) is 13.4. The Bertz CT molecular complexity index is 1060. The Balaban J connectivity index is 0.000000161. The van der Waals surface area contributed by atoms with Gasteiger partial charge in [-0.05, 0) is 23.1 Å². The fourth-order valence-corrected chi connectivity index (χ4v) is 3.52. The highest BCUT2D eigenvalue weighted by molar-refractivity contribution is 7.81. The minimum absolute atomic E-state index is 0.0210. The van der Waals surface area contributed by atoms with E-state index in [9.17, 15) is 0 Å². The summed E-state index contributed by atoms with van der Waals surface area (Å²) < 4.78 is 3.13. The lowest BCUT2D eigenvalue weighted by Gasteiger charge is -2.11. The molecule has 0 amide bonds. The van der Waals surface area contributed by atoms with Gasteiger partial charge in [0.05, 0.1) is 36.1 Å². The number of anilines is 4. The van der Waals surface area contributed by atoms with E-state index in [1.54, 1.807) is 9.36 Å². The quantitative estimate of drug-likeness (QED) is 0.404. The number of allylic oxidation sites excluding steroid dienone is 4. The number of nitrogen functional groups attached to an aromatic ring is 4. The van der Waals surface area contributed by atoms with Crippen molar-refractivity contribution in [2.75, 3.05) is 22.9 Å². The van der Waals surface area contributed by atoms with Crippen LogP contribution in [0.1, 0.15) is 12.0 Å². The predicted octanol–water partition coefficient (Wildman–Crippen LogP) is 1.81. The van der Waals surface area contributed by atoms with Gasteiger partial charge in [-0.1, -0.05) is 24.4 Å². The maximum atomic E-state index is 8.89. The molecule has 0 atom stereocenters. The van der Waals surface area contributed by atoms with Gasteiger partial charge in [-0.15, -0.1) is 11.3 Å². The number of hydrogen-bond donors (Lipinski definition) is 5. The fourth-order valence-electron chi connectivity index (χ4n) is 2.39. The van der Waals surface area contributed by atoms with Gasteiger partial charge in [-0.3, -0.25) is 0 Å². The zero-order chi connectivity index (χ0) is 20.3. The summed E-state index contributed by atoms with van der Waals surface area (Å²) in [5.74, 6) is 0.866. The van der Waals surface area contributed by atoms with E-state index >= 15 is 0 Å². The van der Waals surface area contributed by atoms with E-state index in [4.69, 9.17) is 40.3 Å². The van der Waals surface area contributed by atoms with Gasteiger partial charge in [0.2, 0.25) is 0 Å². The number of aliphatic hydroxyl groups is 1. The molecule has 28 heavy (non-hydrogen) atoms. The monoisotopic (exact) mass is 416 g/mol. The van der Waals surface area contributed by atoms with Gasteiger partial charge in [0.25, 0.3) is 0 Å². The molecular formula is C17H20N8OS2. The summed E-state index contributed by atoms with van der Waals surface area (Å²) >= 11 is 6.66. The van der Waals surface area contributed by atoms with E-state index in [0.717, 1.165) is 27.5 Å². The lowest BCUT2D eigenvalue weighted by Crippen LogP contribution is -2.12. The van der Waals surface area contributed by atoms with E-state index in [2.05, 4.69) is 10.2 Å². The molecule has 1 aliphatic carbocycles. The largest absolute Gasteiger partial charge is 0.394 e. The first-order valence-corrected chi connectivity index (χ1v) is 9.48. The molecule has 0 spiro atoms. The molecule has 146 valence electrons. The van der Waals surface area contributed by atoms with Gasteiger partial charge in [-0.25, -0.2) is 9.36 Å². The lowest BCUT2D eigenvalue weighted by atomic mass is 10.1. The summed E-state index contributed by atoms with van der Waals surface area (Å²) in [5.41, 5.74) is 25.2. The third-order valence-corrected chi connectivity index (χ3v) is 5.24. The summed E-state index contributed by atoms with van der Waals surface area (Å²) in [6.07, 6.45) is 9.59. The molecule has 0 bridgehead atoms. The maximum absolute atomic E-state index is 8.89. The summed E-state index contributed by atoms with van der Waals surface area (Å²) in [6, 6.07) is 1.83. The Morgan fingerprint density at radius 3 is 2.21 bits per heavy atom. The Hall–Kier alpha value is -3.15. The van der Waals surface area contributed by atoms with E-state index in [1.165, 1.54) is 23.7 Å². The number of thiocarbonyl (C=S) groups is 1. The normalized spacial score (nSPS) is 13.2. The molecule has 9 N–H and O–H groups in total. The first kappa shape index (κ1) is 19.6. The molecular weight excluding hydrogens is 396 g/mol. The average Bonchev–Trinajstić information content (AvgIpc) is 3.38. The summed E-state index contributed by atoms with van der Waals surface area (Å²) in [7, 11) is 0. The van der Waals surface area contributed by atoms with Crippen LogP contribution in [0, 0.1) is 0 Å². The second-order valence-corrected chi connectivity index (χ2v) is 7.24. The number of thiophene rings is 1. The molecule has 1 aliphatic rings. The van der Waals surface area contributed by atoms with Crippen LogP contribution in [0.3, 0.4) is 0 Å². The van der Waals surface area contributed by atoms with Crippen LogP contribution in [0.4, 0.5) is 23.0 Å². The molecule has 11 heteroatoms. The zero-order valence-electron chi connectivity index (χ0n) is 14.8. The summed E-state index contributed by atoms with van der Waals surface area (Å²) in [5, 5.41) is 19.7. The van der Waals surface area contributed by atoms with Crippen LogP contribution >= 0.6 is 23.6 Å². The van der Waals surface area contributed by atoms with Crippen molar-refractivity contribution in [2.24, 2.45) is 0 Å². The molecule has 0 aliphatic heterocycles. The van der Waals surface area contributed by atoms with Crippen molar-refractivity contribution >= 4 is 57.1 Å². The van der Waals surface area contributed by atoms with Gasteiger partial charge in [0.15, 0.2) is 11.6 Å². The van der Waals surface area contributed by atoms with Crippen LogP contribution < -0.4 is 22.9 Å². The van der Waals surface area contributed by atoms with Gasteiger partial charge < -0.3 is 28.0 Å². The molecule has 0 unspecified atom stereocenters. The van der Waals surface area contributed by atoms with Crippen molar-refractivity contribution < 1.29 is 5.11 Å². The molecule has 3 aromatic heterocycles. The zero-order valence-corrected chi connectivity index (χ0v) is 16.5. The van der Waals surface area contributed by atoms with E-state index in [-0.39, 0.29) is 6.61 Å². The third-order valence-electron chi connectivity index (χ3n) is 3.91. The van der Waals surface area contributed by atoms with Gasteiger partial charge in [0.1, 0.15) is 5.00 Å². The predicted molar refractivity (Wildman–Crippen MR) is 118 cm³/mol. The van der Waals surface area contributed by atoms with E-state index < -0.39 is 0 Å². The van der Waals surface area contributed by atoms with Crippen molar-refractivity contribution in [2.45, 2.75) is 13.0 Å². The van der Waals surface area contributed by atoms with Crippen LogP contribution in [0.25, 0.3) is 10.7 Å². The minimum atomic E-state index is 0.0210. The molecule has 0 saturated heterocycles. The number of aliphatic hydroxyl groups excluding tert-OH is 1. The molecule has 9 nitrogen and oxygen atoms in total. The van der Waals surface area contributed by atoms with Gasteiger partial charge >= 0.3 is 0 Å². The molecule has 0 radical (unpaired) electrons. The van der Waals surface area contributed by atoms with Crippen LogP contribution in [0.2, 0.25) is 0 Å². The fraction of sp³-hybridized carbons (Fsp3) is 0.118. The first-order valence-electron chi connectivity index (χ1n) is 8.19. The molecule has 4 rings (SSSR count). The SMILES string of the molecule is Nc1cnn(-c2cc(CO)cs2)c1N.Nc1cnn(C2=CC=CCC2=S)c1N. The van der Waals surface area contributed by atoms with E-state index in [0.29, 0.717) is 23.0 Å². The highest BCUT2D eigenvalue weighted by atomic mass is 32.1. The molecule has 0 aromatic carbocycles. The lowest BCUT2D eigenvalue weighted by molar-refractivity contribution is 0.282. The van der Waals surface area contributed by atoms with Crippen molar-refractivity contribution in [3.05, 3.63) is 47.6 Å². The Morgan fingerprint density at radius 1 is 1.07 bits per heavy atom. The summed E-state index contributed by atoms with van der Waals surface area (Å²) in [6.45, 7) is 0.0210. The maximum Gasteiger partial charge on any atom is 0.151 e. The molecule has 0 saturated carbocycles. The van der Waals surface area contributed by atoms with Gasteiger partial charge in [-0.2, -0.15) is 10.2 Å². The molecule has 3 heterocycles. The van der Waals surface area contributed by atoms with Crippen LogP contribution in [-0.2, 0) is 6.61 Å². The Labute approximate surface area is 170 Å². The number of aromatic nitrogens is 4. The van der Waals surface area contributed by atoms with Crippen LogP contribution in [0.5, 0.6) is 0 Å². The minimum Gasteiger partial charge on any atom is -0.394 e. The van der Waals surface area contributed by atoms with Crippen molar-refractivity contribution in [1.29, 1.82) is 0 Å². The molecule has 3 aromatic rings. The second-order valence-electron chi connectivity index (χ2n) is 5.85. The van der Waals surface area contributed by atoms with Crippen LogP contribution in [-0.4, -0.2) is 29.5 Å². The Kier molecular flexibility index (Phi) is 5.78. The number of hydrogen-bond acceptors (Lipinski definition) is 9. The molecule has 0 fully saturated rings. The standard InChI is InChI=1S/C9H10N4S.C8H10N4OS/c10-6-5-12-13(9(6)11)7-3-1-2-4-8(7)14;9-6-2-11-12(8(6)10)7-1-5(3-13)4-14-7/h1-3,5H,4,10-11H2;1-2,4,13H,3,9-10H2. The smallest absolute Gasteiger partial charge is 0.151 e. The second kappa shape index (κ2) is 8.25. The third kappa shape index (κ3) is 3.91. The van der Waals surface area contributed by atoms with Crippen molar-refractivity contribution in [3.63, 3.8) is 0 Å².